The molecule has 1 aromatic heterocycles. The van der Waals surface area contributed by atoms with Crippen LogP contribution in [0, 0.1) is 10.1 Å². The van der Waals surface area contributed by atoms with Gasteiger partial charge >= 0.3 is 0 Å². The van der Waals surface area contributed by atoms with Crippen LogP contribution in [0.1, 0.15) is 23.7 Å². The second-order valence-corrected chi connectivity index (χ2v) is 10.2. The van der Waals surface area contributed by atoms with Crippen LogP contribution in [-0.4, -0.2) is 34.1 Å². The number of nitrogens with zero attached hydrogens (tertiary/aromatic N) is 2. The zero-order valence-electron chi connectivity index (χ0n) is 20.5. The summed E-state index contributed by atoms with van der Waals surface area (Å²) in [6, 6.07) is 20.1. The van der Waals surface area contributed by atoms with Gasteiger partial charge in [0.1, 0.15) is 5.75 Å². The monoisotopic (exact) mass is 548 g/mol. The third-order valence-electron chi connectivity index (χ3n) is 5.47. The van der Waals surface area contributed by atoms with E-state index in [9.17, 15) is 19.7 Å². The van der Waals surface area contributed by atoms with Gasteiger partial charge in [-0.25, -0.2) is 4.98 Å². The number of thiazole rings is 1. The highest BCUT2D eigenvalue weighted by molar-refractivity contribution is 8.00. The Morgan fingerprint density at radius 1 is 1.08 bits per heavy atom. The van der Waals surface area contributed by atoms with Gasteiger partial charge in [0.05, 0.1) is 23.0 Å². The fraction of sp³-hybridized carbons (Fsp3) is 0.148. The van der Waals surface area contributed by atoms with E-state index in [1.54, 1.807) is 25.3 Å². The largest absolute Gasteiger partial charge is 0.497 e. The highest BCUT2D eigenvalue weighted by Gasteiger charge is 2.20. The number of thioether (sulfide) groups is 1. The fourth-order valence-electron chi connectivity index (χ4n) is 3.50. The molecule has 9 nitrogen and oxygen atoms in total. The number of rotatable bonds is 10. The van der Waals surface area contributed by atoms with Crippen LogP contribution in [-0.2, 0) is 4.79 Å². The number of nitro benzene ring substituents is 1. The highest BCUT2D eigenvalue weighted by Crippen LogP contribution is 2.31. The number of nitro groups is 1. The van der Waals surface area contributed by atoms with Crippen LogP contribution in [0.4, 0.5) is 16.5 Å². The van der Waals surface area contributed by atoms with Crippen molar-refractivity contribution >= 4 is 51.4 Å². The number of non-ortho nitro benzene ring substituents is 1. The molecular weight excluding hydrogens is 524 g/mol. The molecule has 0 aliphatic heterocycles. The molecule has 0 bridgehead atoms. The molecule has 0 spiro atoms. The summed E-state index contributed by atoms with van der Waals surface area (Å²) in [5, 5.41) is 18.5. The van der Waals surface area contributed by atoms with E-state index in [0.29, 0.717) is 22.8 Å². The van der Waals surface area contributed by atoms with E-state index in [1.165, 1.54) is 47.4 Å². The molecule has 2 N–H and O–H groups in total. The number of amides is 2. The van der Waals surface area contributed by atoms with Crippen molar-refractivity contribution in [2.45, 2.75) is 23.5 Å². The molecule has 0 saturated heterocycles. The Bertz CT molecular complexity index is 1460. The second kappa shape index (κ2) is 12.3. The van der Waals surface area contributed by atoms with Gasteiger partial charge in [-0.1, -0.05) is 25.1 Å². The molecule has 4 aromatic rings. The Hall–Kier alpha value is -4.22. The minimum absolute atomic E-state index is 0.0851. The summed E-state index contributed by atoms with van der Waals surface area (Å²) < 4.78 is 5.27. The lowest BCUT2D eigenvalue weighted by Crippen LogP contribution is -2.24. The predicted octanol–water partition coefficient (Wildman–Crippen LogP) is 6.49. The number of hydrogen-bond donors (Lipinski definition) is 2. The maximum atomic E-state index is 13.0. The third-order valence-corrected chi connectivity index (χ3v) is 7.59. The van der Waals surface area contributed by atoms with Crippen molar-refractivity contribution in [2.24, 2.45) is 0 Å². The SMILES string of the molecule is CCC(Sc1cccc(NC(=O)c2ccc([N+](=O)[O-])cc2)c1)C(=O)Nc1nc(-c2cccc(OC)c2)cs1. The van der Waals surface area contributed by atoms with E-state index in [1.807, 2.05) is 42.6 Å². The van der Waals surface area contributed by atoms with E-state index in [-0.39, 0.29) is 22.8 Å². The normalized spacial score (nSPS) is 11.4. The van der Waals surface area contributed by atoms with Gasteiger partial charge in [0.15, 0.2) is 5.13 Å². The number of carbonyl (C=O) groups is 2. The molecule has 0 aliphatic carbocycles. The summed E-state index contributed by atoms with van der Waals surface area (Å²) in [7, 11) is 1.61. The van der Waals surface area contributed by atoms with Crippen molar-refractivity contribution in [1.29, 1.82) is 0 Å². The molecule has 194 valence electrons. The second-order valence-electron chi connectivity index (χ2n) is 8.06. The molecule has 4 rings (SSSR count). The summed E-state index contributed by atoms with van der Waals surface area (Å²) in [5.41, 5.74) is 2.42. The lowest BCUT2D eigenvalue weighted by atomic mass is 10.2. The zero-order valence-corrected chi connectivity index (χ0v) is 22.2. The van der Waals surface area contributed by atoms with Crippen molar-refractivity contribution in [1.82, 2.24) is 4.98 Å². The van der Waals surface area contributed by atoms with Crippen LogP contribution in [0.2, 0.25) is 0 Å². The minimum Gasteiger partial charge on any atom is -0.497 e. The predicted molar refractivity (Wildman–Crippen MR) is 150 cm³/mol. The number of nitrogens with one attached hydrogen (secondary N) is 2. The van der Waals surface area contributed by atoms with E-state index in [2.05, 4.69) is 15.6 Å². The average molecular weight is 549 g/mol. The summed E-state index contributed by atoms with van der Waals surface area (Å²) >= 11 is 2.74. The smallest absolute Gasteiger partial charge is 0.269 e. The van der Waals surface area contributed by atoms with Crippen molar-refractivity contribution in [3.8, 4) is 17.0 Å². The van der Waals surface area contributed by atoms with E-state index in [4.69, 9.17) is 4.74 Å². The van der Waals surface area contributed by atoms with E-state index in [0.717, 1.165) is 21.9 Å². The molecule has 1 atom stereocenters. The number of benzene rings is 3. The molecule has 1 unspecified atom stereocenters. The maximum absolute atomic E-state index is 13.0. The van der Waals surface area contributed by atoms with Gasteiger partial charge in [-0.3, -0.25) is 19.7 Å². The van der Waals surface area contributed by atoms with Gasteiger partial charge in [-0.05, 0) is 48.9 Å². The fourth-order valence-corrected chi connectivity index (χ4v) is 5.24. The summed E-state index contributed by atoms with van der Waals surface area (Å²) in [4.78, 5) is 41.2. The van der Waals surface area contributed by atoms with E-state index >= 15 is 0 Å². The van der Waals surface area contributed by atoms with Crippen molar-refractivity contribution in [3.63, 3.8) is 0 Å². The zero-order chi connectivity index (χ0) is 27.1. The van der Waals surface area contributed by atoms with Gasteiger partial charge < -0.3 is 15.4 Å². The molecule has 0 fully saturated rings. The Labute approximate surface area is 227 Å². The van der Waals surface area contributed by atoms with Gasteiger partial charge in [0.2, 0.25) is 5.91 Å². The average Bonchev–Trinajstić information content (AvgIpc) is 3.40. The Balaban J connectivity index is 1.39. The van der Waals surface area contributed by atoms with Crippen LogP contribution >= 0.6 is 23.1 Å². The summed E-state index contributed by atoms with van der Waals surface area (Å²) in [5.74, 6) is 0.182. The first-order valence-electron chi connectivity index (χ1n) is 11.6. The molecule has 0 radical (unpaired) electrons. The lowest BCUT2D eigenvalue weighted by molar-refractivity contribution is -0.384. The van der Waals surface area contributed by atoms with Crippen LogP contribution in [0.15, 0.2) is 83.1 Å². The number of aromatic nitrogens is 1. The van der Waals surface area contributed by atoms with Crippen molar-refractivity contribution in [2.75, 3.05) is 17.7 Å². The quantitative estimate of drug-likeness (QED) is 0.132. The molecule has 11 heteroatoms. The van der Waals surface area contributed by atoms with Crippen LogP contribution in [0.3, 0.4) is 0 Å². The van der Waals surface area contributed by atoms with E-state index < -0.39 is 4.92 Å². The molecule has 0 saturated carbocycles. The first kappa shape index (κ1) is 26.8. The minimum atomic E-state index is -0.517. The highest BCUT2D eigenvalue weighted by atomic mass is 32.2. The summed E-state index contributed by atoms with van der Waals surface area (Å²) in [6.45, 7) is 1.93. The molecule has 3 aromatic carbocycles. The molecule has 1 heterocycles. The number of ether oxygens (including phenoxy) is 1. The number of methoxy groups -OCH3 is 1. The number of carbonyl (C=O) groups excluding carboxylic acids is 2. The van der Waals surface area contributed by atoms with Crippen LogP contribution < -0.4 is 15.4 Å². The molecule has 38 heavy (non-hydrogen) atoms. The summed E-state index contributed by atoms with van der Waals surface area (Å²) in [6.07, 6.45) is 0.587. The van der Waals surface area contributed by atoms with Gasteiger partial charge in [0, 0.05) is 39.2 Å². The first-order valence-corrected chi connectivity index (χ1v) is 13.4. The molecule has 0 aliphatic rings. The Kier molecular flexibility index (Phi) is 8.72. The lowest BCUT2D eigenvalue weighted by Gasteiger charge is -2.14. The van der Waals surface area contributed by atoms with Gasteiger partial charge in [-0.2, -0.15) is 0 Å². The number of hydrogen-bond acceptors (Lipinski definition) is 8. The maximum Gasteiger partial charge on any atom is 0.269 e. The third kappa shape index (κ3) is 6.75. The standard InChI is InChI=1S/C27H24N4O5S2/c1-3-24(26(33)30-27-29-23(16-37-27)18-6-4-8-21(14-18)36-2)38-22-9-5-7-19(15-22)28-25(32)17-10-12-20(13-11-17)31(34)35/h4-16,24H,3H2,1-2H3,(H,28,32)(H,29,30,33). The molecular formula is C27H24N4O5S2. The van der Waals surface area contributed by atoms with Crippen LogP contribution in [0.5, 0.6) is 5.75 Å². The first-order chi connectivity index (χ1) is 18.4. The topological polar surface area (TPSA) is 123 Å². The Morgan fingerprint density at radius 3 is 2.55 bits per heavy atom. The Morgan fingerprint density at radius 2 is 1.84 bits per heavy atom. The van der Waals surface area contributed by atoms with Crippen LogP contribution in [0.25, 0.3) is 11.3 Å². The van der Waals surface area contributed by atoms with Gasteiger partial charge in [0.25, 0.3) is 11.6 Å². The van der Waals surface area contributed by atoms with Gasteiger partial charge in [-0.15, -0.1) is 23.1 Å². The van der Waals surface area contributed by atoms with Crippen molar-refractivity contribution in [3.05, 3.63) is 93.9 Å². The van der Waals surface area contributed by atoms with Crippen molar-refractivity contribution < 1.29 is 19.2 Å². The number of anilines is 2. The molecule has 2 amide bonds.